The fourth-order valence-corrected chi connectivity index (χ4v) is 2.29. The van der Waals surface area contributed by atoms with Crippen LogP contribution in [0.15, 0.2) is 48.5 Å². The summed E-state index contributed by atoms with van der Waals surface area (Å²) in [5, 5.41) is 2.70. The summed E-state index contributed by atoms with van der Waals surface area (Å²) in [6, 6.07) is 13.4. The molecule has 2 aromatic carbocycles. The summed E-state index contributed by atoms with van der Waals surface area (Å²) in [5.74, 6) is 5.06. The molecule has 0 aliphatic rings. The number of carbonyl (C=O) groups excluding carboxylic acids is 1. The van der Waals surface area contributed by atoms with Crippen LogP contribution in [0.3, 0.4) is 0 Å². The SMILES string of the molecule is O=C(NCC#CCOc1ccccc1F)c1ccccc1I. The predicted molar refractivity (Wildman–Crippen MR) is 91.2 cm³/mol. The van der Waals surface area contributed by atoms with Crippen LogP contribution in [-0.2, 0) is 0 Å². The van der Waals surface area contributed by atoms with E-state index in [4.69, 9.17) is 4.74 Å². The van der Waals surface area contributed by atoms with E-state index in [1.54, 1.807) is 18.2 Å². The van der Waals surface area contributed by atoms with Gasteiger partial charge in [0.25, 0.3) is 5.91 Å². The Morgan fingerprint density at radius 2 is 1.86 bits per heavy atom. The second kappa shape index (κ2) is 8.39. The molecule has 0 saturated carbocycles. The van der Waals surface area contributed by atoms with Crippen molar-refractivity contribution in [2.45, 2.75) is 0 Å². The maximum Gasteiger partial charge on any atom is 0.253 e. The van der Waals surface area contributed by atoms with Gasteiger partial charge >= 0.3 is 0 Å². The van der Waals surface area contributed by atoms with Crippen LogP contribution >= 0.6 is 22.6 Å². The predicted octanol–water partition coefficient (Wildman–Crippen LogP) is 3.24. The third-order valence-electron chi connectivity index (χ3n) is 2.72. The van der Waals surface area contributed by atoms with E-state index in [1.165, 1.54) is 12.1 Å². The molecule has 1 N–H and O–H groups in total. The zero-order valence-electron chi connectivity index (χ0n) is 11.6. The number of halogens is 2. The lowest BCUT2D eigenvalue weighted by molar-refractivity contribution is 0.0958. The first-order valence-corrected chi connectivity index (χ1v) is 7.62. The van der Waals surface area contributed by atoms with Crippen LogP contribution in [0.4, 0.5) is 4.39 Å². The number of para-hydroxylation sites is 1. The number of benzene rings is 2. The fourth-order valence-electron chi connectivity index (χ4n) is 1.65. The van der Waals surface area contributed by atoms with Crippen molar-refractivity contribution in [1.82, 2.24) is 5.32 Å². The highest BCUT2D eigenvalue weighted by Gasteiger charge is 2.06. The van der Waals surface area contributed by atoms with Crippen LogP contribution < -0.4 is 10.1 Å². The van der Waals surface area contributed by atoms with Gasteiger partial charge in [-0.15, -0.1) is 0 Å². The first-order chi connectivity index (χ1) is 10.7. The third-order valence-corrected chi connectivity index (χ3v) is 3.66. The van der Waals surface area contributed by atoms with Crippen molar-refractivity contribution < 1.29 is 13.9 Å². The zero-order valence-corrected chi connectivity index (χ0v) is 13.8. The number of hydrogen-bond acceptors (Lipinski definition) is 2. The van der Waals surface area contributed by atoms with Gasteiger partial charge in [0.1, 0.15) is 6.61 Å². The van der Waals surface area contributed by atoms with E-state index in [1.807, 2.05) is 18.2 Å². The van der Waals surface area contributed by atoms with E-state index in [0.29, 0.717) is 5.56 Å². The number of rotatable bonds is 4. The average molecular weight is 409 g/mol. The molecule has 0 aliphatic heterocycles. The molecule has 3 nitrogen and oxygen atoms in total. The second-order valence-corrected chi connectivity index (χ2v) is 5.40. The molecule has 1 amide bonds. The van der Waals surface area contributed by atoms with E-state index >= 15 is 0 Å². The van der Waals surface area contributed by atoms with E-state index in [0.717, 1.165) is 3.57 Å². The first-order valence-electron chi connectivity index (χ1n) is 6.54. The van der Waals surface area contributed by atoms with Crippen molar-refractivity contribution in [1.29, 1.82) is 0 Å². The van der Waals surface area contributed by atoms with Gasteiger partial charge in [0, 0.05) is 3.57 Å². The van der Waals surface area contributed by atoms with Crippen LogP contribution in [0.5, 0.6) is 5.75 Å². The van der Waals surface area contributed by atoms with Crippen molar-refractivity contribution in [2.75, 3.05) is 13.2 Å². The van der Waals surface area contributed by atoms with E-state index in [2.05, 4.69) is 39.7 Å². The van der Waals surface area contributed by atoms with Crippen molar-refractivity contribution in [3.8, 4) is 17.6 Å². The molecular weight excluding hydrogens is 396 g/mol. The minimum atomic E-state index is -0.420. The standard InChI is InChI=1S/C17H13FINO2/c18-14-8-2-4-10-16(14)22-12-6-5-11-20-17(21)13-7-1-3-9-15(13)19/h1-4,7-10H,11-12H2,(H,20,21). The molecule has 0 unspecified atom stereocenters. The molecule has 0 aliphatic carbocycles. The molecule has 0 atom stereocenters. The number of hydrogen-bond donors (Lipinski definition) is 1. The molecule has 0 fully saturated rings. The average Bonchev–Trinajstić information content (AvgIpc) is 2.52. The topological polar surface area (TPSA) is 38.3 Å². The lowest BCUT2D eigenvalue weighted by Gasteiger charge is -2.03. The Kier molecular flexibility index (Phi) is 6.22. The Bertz CT molecular complexity index is 722. The quantitative estimate of drug-likeness (QED) is 0.622. The van der Waals surface area contributed by atoms with Gasteiger partial charge in [0.05, 0.1) is 12.1 Å². The number of nitrogens with one attached hydrogen (secondary N) is 1. The Hall–Kier alpha value is -2.07. The smallest absolute Gasteiger partial charge is 0.253 e. The summed E-state index contributed by atoms with van der Waals surface area (Å²) in [7, 11) is 0. The minimum absolute atomic E-state index is 0.0691. The normalized spacial score (nSPS) is 9.55. The third kappa shape index (κ3) is 4.74. The van der Waals surface area contributed by atoms with Gasteiger partial charge in [-0.1, -0.05) is 36.1 Å². The molecular formula is C17H13FINO2. The minimum Gasteiger partial charge on any atom is -0.478 e. The van der Waals surface area contributed by atoms with Gasteiger partial charge in [-0.25, -0.2) is 4.39 Å². The molecule has 0 saturated heterocycles. The zero-order chi connectivity index (χ0) is 15.8. The summed E-state index contributed by atoms with van der Waals surface area (Å²) in [6.45, 7) is 0.282. The van der Waals surface area contributed by atoms with Gasteiger partial charge < -0.3 is 10.1 Å². The van der Waals surface area contributed by atoms with Crippen molar-refractivity contribution in [3.63, 3.8) is 0 Å². The first kappa shape index (κ1) is 16.3. The second-order valence-electron chi connectivity index (χ2n) is 4.24. The summed E-state index contributed by atoms with van der Waals surface area (Å²) in [4.78, 5) is 11.9. The molecule has 0 heterocycles. The van der Waals surface area contributed by atoms with Gasteiger partial charge in [-0.05, 0) is 46.9 Å². The molecule has 0 spiro atoms. The summed E-state index contributed by atoms with van der Waals surface area (Å²) in [5.41, 5.74) is 0.618. The van der Waals surface area contributed by atoms with Crippen LogP contribution in [0.2, 0.25) is 0 Å². The van der Waals surface area contributed by atoms with Gasteiger partial charge in [0.15, 0.2) is 11.6 Å². The number of amides is 1. The molecule has 22 heavy (non-hydrogen) atoms. The lowest BCUT2D eigenvalue weighted by atomic mass is 10.2. The molecule has 0 radical (unpaired) electrons. The van der Waals surface area contributed by atoms with Gasteiger partial charge in [-0.3, -0.25) is 4.79 Å². The van der Waals surface area contributed by atoms with Gasteiger partial charge in [0.2, 0.25) is 0 Å². The molecule has 112 valence electrons. The number of carbonyl (C=O) groups is 1. The number of ether oxygens (including phenoxy) is 1. The van der Waals surface area contributed by atoms with Gasteiger partial charge in [-0.2, -0.15) is 0 Å². The van der Waals surface area contributed by atoms with Crippen molar-refractivity contribution in [3.05, 3.63) is 63.5 Å². The van der Waals surface area contributed by atoms with Crippen LogP contribution in [-0.4, -0.2) is 19.1 Å². The molecule has 2 rings (SSSR count). The largest absolute Gasteiger partial charge is 0.478 e. The lowest BCUT2D eigenvalue weighted by Crippen LogP contribution is -2.24. The highest BCUT2D eigenvalue weighted by atomic mass is 127. The molecule has 0 bridgehead atoms. The van der Waals surface area contributed by atoms with Crippen molar-refractivity contribution >= 4 is 28.5 Å². The highest BCUT2D eigenvalue weighted by Crippen LogP contribution is 2.14. The summed E-state index contributed by atoms with van der Waals surface area (Å²) < 4.78 is 19.3. The summed E-state index contributed by atoms with van der Waals surface area (Å²) >= 11 is 2.11. The molecule has 2 aromatic rings. The molecule has 5 heteroatoms. The Labute approximate surface area is 142 Å². The molecule has 0 aromatic heterocycles. The fraction of sp³-hybridized carbons (Fsp3) is 0.118. The summed E-state index contributed by atoms with van der Waals surface area (Å²) in [6.07, 6.45) is 0. The Balaban J connectivity index is 1.77. The van der Waals surface area contributed by atoms with Crippen LogP contribution in [0, 0.1) is 21.2 Å². The van der Waals surface area contributed by atoms with E-state index in [-0.39, 0.29) is 24.8 Å². The van der Waals surface area contributed by atoms with Crippen LogP contribution in [0.1, 0.15) is 10.4 Å². The Morgan fingerprint density at radius 1 is 1.14 bits per heavy atom. The van der Waals surface area contributed by atoms with Crippen molar-refractivity contribution in [2.24, 2.45) is 0 Å². The highest BCUT2D eigenvalue weighted by molar-refractivity contribution is 14.1. The van der Waals surface area contributed by atoms with Crippen LogP contribution in [0.25, 0.3) is 0 Å². The monoisotopic (exact) mass is 409 g/mol. The van der Waals surface area contributed by atoms with E-state index in [9.17, 15) is 9.18 Å². The Morgan fingerprint density at radius 3 is 2.64 bits per heavy atom. The maximum absolute atomic E-state index is 13.3. The maximum atomic E-state index is 13.3. The van der Waals surface area contributed by atoms with E-state index < -0.39 is 5.82 Å².